The highest BCUT2D eigenvalue weighted by Gasteiger charge is 2.29. The molecule has 4 heteroatoms. The first-order valence-electron chi connectivity index (χ1n) is 4.35. The van der Waals surface area contributed by atoms with Gasteiger partial charge in [-0.15, -0.1) is 0 Å². The van der Waals surface area contributed by atoms with Gasteiger partial charge in [-0.3, -0.25) is 0 Å². The summed E-state index contributed by atoms with van der Waals surface area (Å²) in [6.45, 7) is 1.70. The predicted octanol–water partition coefficient (Wildman–Crippen LogP) is 0.547. The van der Waals surface area contributed by atoms with Gasteiger partial charge in [0.1, 0.15) is 0 Å². The van der Waals surface area contributed by atoms with E-state index >= 15 is 0 Å². The van der Waals surface area contributed by atoms with Crippen LogP contribution < -0.4 is 5.73 Å². The summed E-state index contributed by atoms with van der Waals surface area (Å²) in [4.78, 5) is 0. The minimum absolute atomic E-state index is 0.174. The number of hydrogen-bond acceptors (Lipinski definition) is 3. The van der Waals surface area contributed by atoms with Gasteiger partial charge in [0.25, 0.3) is 0 Å². The van der Waals surface area contributed by atoms with Gasteiger partial charge in [-0.05, 0) is 19.3 Å². The molecule has 0 saturated heterocycles. The van der Waals surface area contributed by atoms with Crippen LogP contribution in [0.1, 0.15) is 26.2 Å². The van der Waals surface area contributed by atoms with Gasteiger partial charge < -0.3 is 5.73 Å². The second kappa shape index (κ2) is 3.34. The Morgan fingerprint density at radius 3 is 2.33 bits per heavy atom. The van der Waals surface area contributed by atoms with Crippen molar-refractivity contribution in [1.82, 2.24) is 0 Å². The number of nitrogens with two attached hydrogens (primary N) is 1. The summed E-state index contributed by atoms with van der Waals surface area (Å²) >= 11 is 0. The first kappa shape index (κ1) is 9.99. The van der Waals surface area contributed by atoms with Crippen LogP contribution in [-0.4, -0.2) is 26.0 Å². The molecule has 0 aromatic heterocycles. The summed E-state index contributed by atoms with van der Waals surface area (Å²) in [5.41, 5.74) is 5.77. The Hall–Kier alpha value is -0.0900. The van der Waals surface area contributed by atoms with E-state index in [-0.39, 0.29) is 6.04 Å². The molecule has 12 heavy (non-hydrogen) atoms. The third-order valence-corrected chi connectivity index (χ3v) is 4.28. The molecule has 2 N–H and O–H groups in total. The zero-order chi connectivity index (χ0) is 9.35. The topological polar surface area (TPSA) is 60.2 Å². The average Bonchev–Trinajstić information content (AvgIpc) is 2.68. The first-order valence-corrected chi connectivity index (χ1v) is 6.31. The second-order valence-electron chi connectivity index (χ2n) is 3.88. The van der Waals surface area contributed by atoms with Crippen LogP contribution in [0.2, 0.25) is 0 Å². The second-order valence-corrected chi connectivity index (χ2v) is 6.28. The first-order chi connectivity index (χ1) is 5.41. The molecule has 0 heterocycles. The van der Waals surface area contributed by atoms with Crippen molar-refractivity contribution in [2.75, 3.05) is 6.26 Å². The number of sulfone groups is 1. The summed E-state index contributed by atoms with van der Waals surface area (Å²) in [6.07, 6.45) is 4.58. The van der Waals surface area contributed by atoms with Crippen LogP contribution in [0, 0.1) is 5.92 Å². The van der Waals surface area contributed by atoms with E-state index in [4.69, 9.17) is 5.73 Å². The highest BCUT2D eigenvalue weighted by molar-refractivity contribution is 7.91. The highest BCUT2D eigenvalue weighted by atomic mass is 32.2. The number of hydrogen-bond donors (Lipinski definition) is 1. The third-order valence-electron chi connectivity index (χ3n) is 2.58. The average molecular weight is 191 g/mol. The van der Waals surface area contributed by atoms with Gasteiger partial charge in [0.05, 0.1) is 5.25 Å². The summed E-state index contributed by atoms with van der Waals surface area (Å²) in [6, 6.07) is -0.174. The molecule has 72 valence electrons. The maximum Gasteiger partial charge on any atom is 0.151 e. The van der Waals surface area contributed by atoms with E-state index in [2.05, 4.69) is 0 Å². The molecule has 1 rings (SSSR count). The molecule has 3 nitrogen and oxygen atoms in total. The zero-order valence-corrected chi connectivity index (χ0v) is 8.47. The highest BCUT2D eigenvalue weighted by Crippen LogP contribution is 2.34. The minimum Gasteiger partial charge on any atom is -0.327 e. The van der Waals surface area contributed by atoms with E-state index in [0.717, 1.165) is 6.42 Å². The molecule has 0 spiro atoms. The maximum atomic E-state index is 11.1. The van der Waals surface area contributed by atoms with Crippen LogP contribution in [0.25, 0.3) is 0 Å². The van der Waals surface area contributed by atoms with Gasteiger partial charge in [0.2, 0.25) is 0 Å². The smallest absolute Gasteiger partial charge is 0.151 e. The van der Waals surface area contributed by atoms with Gasteiger partial charge in [0.15, 0.2) is 9.84 Å². The van der Waals surface area contributed by atoms with Crippen LogP contribution in [0.4, 0.5) is 0 Å². The van der Waals surface area contributed by atoms with Gasteiger partial charge >= 0.3 is 0 Å². The van der Waals surface area contributed by atoms with E-state index < -0.39 is 15.1 Å². The molecule has 0 aliphatic heterocycles. The Bertz CT molecular complexity index is 244. The third kappa shape index (κ3) is 2.75. The molecule has 1 fully saturated rings. The van der Waals surface area contributed by atoms with Crippen molar-refractivity contribution < 1.29 is 8.42 Å². The SMILES string of the molecule is CC(C(N)CC1CC1)S(C)(=O)=O. The quantitative estimate of drug-likeness (QED) is 0.706. The van der Waals surface area contributed by atoms with Crippen molar-refractivity contribution in [3.05, 3.63) is 0 Å². The van der Waals surface area contributed by atoms with Gasteiger partial charge in [-0.2, -0.15) is 0 Å². The van der Waals surface area contributed by atoms with Gasteiger partial charge in [-0.25, -0.2) is 8.42 Å². The van der Waals surface area contributed by atoms with Crippen molar-refractivity contribution in [2.24, 2.45) is 11.7 Å². The normalized spacial score (nSPS) is 23.6. The fraction of sp³-hybridized carbons (Fsp3) is 1.00. The molecule has 2 unspecified atom stereocenters. The summed E-state index contributed by atoms with van der Waals surface area (Å²) < 4.78 is 22.2. The molecule has 1 aliphatic carbocycles. The fourth-order valence-electron chi connectivity index (χ4n) is 1.25. The fourth-order valence-corrected chi connectivity index (χ4v) is 1.99. The summed E-state index contributed by atoms with van der Waals surface area (Å²) in [5, 5.41) is -0.391. The Kier molecular flexibility index (Phi) is 2.78. The Morgan fingerprint density at radius 2 is 2.00 bits per heavy atom. The molecular weight excluding hydrogens is 174 g/mol. The molecule has 0 radical (unpaired) electrons. The lowest BCUT2D eigenvalue weighted by Crippen LogP contribution is -2.38. The lowest BCUT2D eigenvalue weighted by molar-refractivity contribution is 0.526. The van der Waals surface area contributed by atoms with Crippen molar-refractivity contribution in [3.8, 4) is 0 Å². The summed E-state index contributed by atoms with van der Waals surface area (Å²) in [7, 11) is -2.94. The van der Waals surface area contributed by atoms with Crippen LogP contribution >= 0.6 is 0 Å². The predicted molar refractivity (Wildman–Crippen MR) is 49.6 cm³/mol. The van der Waals surface area contributed by atoms with E-state index in [1.54, 1.807) is 6.92 Å². The van der Waals surface area contributed by atoms with Crippen molar-refractivity contribution in [3.63, 3.8) is 0 Å². The van der Waals surface area contributed by atoms with Crippen LogP contribution in [0.5, 0.6) is 0 Å². The van der Waals surface area contributed by atoms with E-state index in [1.165, 1.54) is 19.1 Å². The van der Waals surface area contributed by atoms with Crippen molar-refractivity contribution in [1.29, 1.82) is 0 Å². The lowest BCUT2D eigenvalue weighted by atomic mass is 10.1. The van der Waals surface area contributed by atoms with E-state index in [1.807, 2.05) is 0 Å². The van der Waals surface area contributed by atoms with Crippen LogP contribution in [0.15, 0.2) is 0 Å². The molecule has 0 aromatic rings. The van der Waals surface area contributed by atoms with Crippen LogP contribution in [-0.2, 0) is 9.84 Å². The molecule has 0 amide bonds. The Balaban J connectivity index is 2.44. The molecule has 1 saturated carbocycles. The lowest BCUT2D eigenvalue weighted by Gasteiger charge is -2.17. The van der Waals surface area contributed by atoms with E-state index in [0.29, 0.717) is 5.92 Å². The van der Waals surface area contributed by atoms with Gasteiger partial charge in [0, 0.05) is 12.3 Å². The molecule has 1 aliphatic rings. The minimum atomic E-state index is -2.94. The largest absolute Gasteiger partial charge is 0.327 e. The monoisotopic (exact) mass is 191 g/mol. The maximum absolute atomic E-state index is 11.1. The Morgan fingerprint density at radius 1 is 1.50 bits per heavy atom. The van der Waals surface area contributed by atoms with Gasteiger partial charge in [-0.1, -0.05) is 12.8 Å². The van der Waals surface area contributed by atoms with Crippen molar-refractivity contribution >= 4 is 9.84 Å². The van der Waals surface area contributed by atoms with Crippen molar-refractivity contribution in [2.45, 2.75) is 37.5 Å². The Labute approximate surface area is 74.3 Å². The molecule has 2 atom stereocenters. The number of rotatable bonds is 4. The van der Waals surface area contributed by atoms with E-state index in [9.17, 15) is 8.42 Å². The zero-order valence-electron chi connectivity index (χ0n) is 7.66. The molecular formula is C8H17NO2S. The molecule has 0 bridgehead atoms. The molecule has 0 aromatic carbocycles. The van der Waals surface area contributed by atoms with Crippen LogP contribution in [0.3, 0.4) is 0 Å². The standard InChI is InChI=1S/C8H17NO2S/c1-6(12(2,10)11)8(9)5-7-3-4-7/h6-8H,3-5,9H2,1-2H3. The summed E-state index contributed by atoms with van der Waals surface area (Å²) in [5.74, 6) is 0.698.